The first-order valence-corrected chi connectivity index (χ1v) is 8.86. The lowest BCUT2D eigenvalue weighted by Crippen LogP contribution is -3.00. The van der Waals surface area contributed by atoms with Crippen molar-refractivity contribution in [1.82, 2.24) is 25.2 Å². The van der Waals surface area contributed by atoms with E-state index in [1.807, 2.05) is 11.1 Å². The summed E-state index contributed by atoms with van der Waals surface area (Å²) in [6, 6.07) is -0.248. The Bertz CT molecular complexity index is 475. The number of nitrogens with one attached hydrogen (secondary N) is 1. The predicted octanol–water partition coefficient (Wildman–Crippen LogP) is -2.27. The third-order valence-electron chi connectivity index (χ3n) is 4.31. The fourth-order valence-electron chi connectivity index (χ4n) is 2.89. The van der Waals surface area contributed by atoms with Crippen LogP contribution in [0.15, 0.2) is 6.20 Å². The summed E-state index contributed by atoms with van der Waals surface area (Å²) in [4.78, 5) is 14.8. The molecule has 1 aliphatic rings. The zero-order chi connectivity index (χ0) is 16.5. The fourth-order valence-corrected chi connectivity index (χ4v) is 2.89. The molecular formula is C16H30ClN6O-. The van der Waals surface area contributed by atoms with Gasteiger partial charge in [-0.25, -0.2) is 4.68 Å². The van der Waals surface area contributed by atoms with Gasteiger partial charge in [0.05, 0.1) is 5.69 Å². The van der Waals surface area contributed by atoms with Crippen molar-refractivity contribution in [1.29, 1.82) is 0 Å². The van der Waals surface area contributed by atoms with Gasteiger partial charge in [-0.05, 0) is 38.6 Å². The van der Waals surface area contributed by atoms with Crippen LogP contribution in [0.2, 0.25) is 0 Å². The maximum absolute atomic E-state index is 12.9. The molecule has 1 aromatic rings. The minimum Gasteiger partial charge on any atom is -1.00 e. The first-order chi connectivity index (χ1) is 11.3. The summed E-state index contributed by atoms with van der Waals surface area (Å²) in [6.07, 6.45) is 7.74. The third-order valence-corrected chi connectivity index (χ3v) is 4.31. The van der Waals surface area contributed by atoms with Crippen LogP contribution in [0.25, 0.3) is 0 Å². The molecule has 0 spiro atoms. The van der Waals surface area contributed by atoms with Gasteiger partial charge in [-0.2, -0.15) is 0 Å². The number of carbonyl (C=O) groups excluding carboxylic acids is 1. The zero-order valence-electron chi connectivity index (χ0n) is 14.6. The van der Waals surface area contributed by atoms with Crippen LogP contribution in [0.5, 0.6) is 0 Å². The van der Waals surface area contributed by atoms with E-state index in [1.165, 1.54) is 0 Å². The topological polar surface area (TPSA) is 89.1 Å². The predicted molar refractivity (Wildman–Crippen MR) is 90.0 cm³/mol. The molecule has 1 aromatic heterocycles. The SMILES string of the molecule is CCCCc1cn(C(CCCCN)C(=O)N2CCNCC2)nn1.[Cl-]. The first kappa shape index (κ1) is 20.9. The van der Waals surface area contributed by atoms with E-state index in [-0.39, 0.29) is 24.4 Å². The molecule has 1 aliphatic heterocycles. The van der Waals surface area contributed by atoms with Gasteiger partial charge in [0.15, 0.2) is 0 Å². The molecule has 0 aromatic carbocycles. The van der Waals surface area contributed by atoms with E-state index >= 15 is 0 Å². The fraction of sp³-hybridized carbons (Fsp3) is 0.812. The lowest BCUT2D eigenvalue weighted by atomic mass is 10.1. The number of rotatable bonds is 9. The van der Waals surface area contributed by atoms with Crippen LogP contribution < -0.4 is 23.5 Å². The lowest BCUT2D eigenvalue weighted by molar-refractivity contribution is -0.136. The maximum atomic E-state index is 12.9. The van der Waals surface area contributed by atoms with E-state index in [4.69, 9.17) is 5.73 Å². The van der Waals surface area contributed by atoms with Crippen LogP contribution in [-0.2, 0) is 11.2 Å². The van der Waals surface area contributed by atoms with Crippen molar-refractivity contribution in [2.45, 2.75) is 51.5 Å². The number of nitrogens with zero attached hydrogens (tertiary/aromatic N) is 4. The molecule has 1 saturated heterocycles. The van der Waals surface area contributed by atoms with Gasteiger partial charge < -0.3 is 28.4 Å². The second kappa shape index (κ2) is 11.4. The van der Waals surface area contributed by atoms with Gasteiger partial charge in [-0.1, -0.05) is 18.6 Å². The highest BCUT2D eigenvalue weighted by atomic mass is 35.5. The minimum absolute atomic E-state index is 0. The number of nitrogens with two attached hydrogens (primary N) is 1. The van der Waals surface area contributed by atoms with Crippen molar-refractivity contribution in [3.8, 4) is 0 Å². The normalized spacial score (nSPS) is 15.8. The number of hydrogen-bond donors (Lipinski definition) is 2. The van der Waals surface area contributed by atoms with Crippen LogP contribution in [0, 0.1) is 0 Å². The first-order valence-electron chi connectivity index (χ1n) is 8.86. The third kappa shape index (κ3) is 6.03. The van der Waals surface area contributed by atoms with Crippen LogP contribution in [0.3, 0.4) is 0 Å². The Morgan fingerprint density at radius 1 is 1.33 bits per heavy atom. The molecule has 1 unspecified atom stereocenters. The molecule has 1 amide bonds. The molecule has 1 fully saturated rings. The molecule has 0 bridgehead atoms. The summed E-state index contributed by atoms with van der Waals surface area (Å²) in [7, 11) is 0. The molecule has 3 N–H and O–H groups in total. The van der Waals surface area contributed by atoms with Crippen LogP contribution >= 0.6 is 0 Å². The van der Waals surface area contributed by atoms with Crippen LogP contribution in [-0.4, -0.2) is 58.5 Å². The van der Waals surface area contributed by atoms with Crippen molar-refractivity contribution in [3.05, 3.63) is 11.9 Å². The van der Waals surface area contributed by atoms with Gasteiger partial charge in [0, 0.05) is 32.4 Å². The van der Waals surface area contributed by atoms with Gasteiger partial charge in [-0.15, -0.1) is 5.10 Å². The highest BCUT2D eigenvalue weighted by Gasteiger charge is 2.27. The van der Waals surface area contributed by atoms with E-state index < -0.39 is 0 Å². The molecule has 24 heavy (non-hydrogen) atoms. The molecule has 0 radical (unpaired) electrons. The molecule has 7 nitrogen and oxygen atoms in total. The number of halogens is 1. The number of piperazine rings is 1. The Balaban J connectivity index is 0.00000288. The number of unbranched alkanes of at least 4 members (excludes halogenated alkanes) is 2. The minimum atomic E-state index is -0.248. The molecular weight excluding hydrogens is 328 g/mol. The smallest absolute Gasteiger partial charge is 0.247 e. The molecule has 8 heteroatoms. The Kier molecular flexibility index (Phi) is 9.90. The molecule has 0 saturated carbocycles. The van der Waals surface area contributed by atoms with Crippen molar-refractivity contribution in [3.63, 3.8) is 0 Å². The second-order valence-corrected chi connectivity index (χ2v) is 6.17. The largest absolute Gasteiger partial charge is 1.00 e. The summed E-state index contributed by atoms with van der Waals surface area (Å²) in [6.45, 7) is 6.08. The Hall–Kier alpha value is -1.18. The average Bonchev–Trinajstić information content (AvgIpc) is 3.06. The molecule has 2 heterocycles. The summed E-state index contributed by atoms with van der Waals surface area (Å²) in [5.74, 6) is 0.162. The van der Waals surface area contributed by atoms with E-state index in [0.717, 1.165) is 70.4 Å². The summed E-state index contributed by atoms with van der Waals surface area (Å²) in [5, 5.41) is 11.8. The molecule has 0 aliphatic carbocycles. The number of amides is 1. The van der Waals surface area contributed by atoms with Gasteiger partial charge >= 0.3 is 0 Å². The van der Waals surface area contributed by atoms with E-state index in [1.54, 1.807) is 4.68 Å². The van der Waals surface area contributed by atoms with Crippen LogP contribution in [0.1, 0.15) is 50.8 Å². The number of aryl methyl sites for hydroxylation is 1. The second-order valence-electron chi connectivity index (χ2n) is 6.17. The average molecular weight is 358 g/mol. The van der Waals surface area contributed by atoms with Gasteiger partial charge in [0.25, 0.3) is 0 Å². The number of aromatic nitrogens is 3. The summed E-state index contributed by atoms with van der Waals surface area (Å²) >= 11 is 0. The van der Waals surface area contributed by atoms with Gasteiger partial charge in [-0.3, -0.25) is 4.79 Å². The highest BCUT2D eigenvalue weighted by molar-refractivity contribution is 5.80. The van der Waals surface area contributed by atoms with Crippen molar-refractivity contribution < 1.29 is 17.2 Å². The standard InChI is InChI=1S/C16H30N6O.ClH/c1-2-3-6-14-13-22(20-19-14)15(7-4-5-8-17)16(23)21-11-9-18-10-12-21;/h13,15,18H,2-12,17H2,1H3;1H/p-1. The lowest BCUT2D eigenvalue weighted by Gasteiger charge is -2.30. The quantitative estimate of drug-likeness (QED) is 0.486. The number of carbonyl (C=O) groups is 1. The van der Waals surface area contributed by atoms with Gasteiger partial charge in [0.2, 0.25) is 5.91 Å². The number of hydrogen-bond acceptors (Lipinski definition) is 5. The Morgan fingerprint density at radius 3 is 2.75 bits per heavy atom. The Labute approximate surface area is 150 Å². The van der Waals surface area contributed by atoms with Gasteiger partial charge in [0.1, 0.15) is 6.04 Å². The van der Waals surface area contributed by atoms with Crippen molar-refractivity contribution >= 4 is 5.91 Å². The summed E-state index contributed by atoms with van der Waals surface area (Å²) in [5.41, 5.74) is 6.57. The van der Waals surface area contributed by atoms with Crippen LogP contribution in [0.4, 0.5) is 0 Å². The van der Waals surface area contributed by atoms with E-state index in [0.29, 0.717) is 6.54 Å². The monoisotopic (exact) mass is 357 g/mol. The summed E-state index contributed by atoms with van der Waals surface area (Å²) < 4.78 is 1.77. The zero-order valence-corrected chi connectivity index (χ0v) is 15.3. The maximum Gasteiger partial charge on any atom is 0.247 e. The molecule has 1 atom stereocenters. The molecule has 2 rings (SSSR count). The van der Waals surface area contributed by atoms with Crippen molar-refractivity contribution in [2.75, 3.05) is 32.7 Å². The molecule has 138 valence electrons. The van der Waals surface area contributed by atoms with E-state index in [9.17, 15) is 4.79 Å². The Morgan fingerprint density at radius 2 is 2.08 bits per heavy atom. The highest BCUT2D eigenvalue weighted by Crippen LogP contribution is 2.18. The van der Waals surface area contributed by atoms with E-state index in [2.05, 4.69) is 22.6 Å². The van der Waals surface area contributed by atoms with Crippen molar-refractivity contribution in [2.24, 2.45) is 5.73 Å².